The third kappa shape index (κ3) is 2.25. The van der Waals surface area contributed by atoms with Crippen molar-refractivity contribution < 1.29 is 9.53 Å². The molecule has 0 atom stereocenters. The van der Waals surface area contributed by atoms with E-state index in [1.807, 2.05) is 18.2 Å². The molecule has 5 heteroatoms. The molecule has 0 unspecified atom stereocenters. The Bertz CT molecular complexity index is 482. The average Bonchev–Trinajstić information content (AvgIpc) is 2.80. The standard InChI is InChI=1S/C11H10N2O2S/c1-2-15-11(14)10-13-9(7-16-10)8-5-3-4-6-12-8/h3-7H,2H2,1H3. The van der Waals surface area contributed by atoms with Gasteiger partial charge in [-0.2, -0.15) is 0 Å². The maximum absolute atomic E-state index is 11.4. The van der Waals surface area contributed by atoms with Crippen LogP contribution in [-0.4, -0.2) is 22.5 Å². The predicted octanol–water partition coefficient (Wildman–Crippen LogP) is 2.38. The fourth-order valence-corrected chi connectivity index (χ4v) is 1.90. The van der Waals surface area contributed by atoms with E-state index in [-0.39, 0.29) is 5.97 Å². The summed E-state index contributed by atoms with van der Waals surface area (Å²) in [5.41, 5.74) is 1.46. The van der Waals surface area contributed by atoms with Crippen LogP contribution in [0.1, 0.15) is 16.7 Å². The van der Waals surface area contributed by atoms with Crippen molar-refractivity contribution >= 4 is 17.3 Å². The molecule has 0 aliphatic heterocycles. The Balaban J connectivity index is 2.23. The number of ether oxygens (including phenoxy) is 1. The van der Waals surface area contributed by atoms with Gasteiger partial charge in [0.2, 0.25) is 5.01 Å². The molecule has 0 N–H and O–H groups in total. The number of hydrogen-bond donors (Lipinski definition) is 0. The van der Waals surface area contributed by atoms with E-state index in [0.29, 0.717) is 17.3 Å². The van der Waals surface area contributed by atoms with Crippen LogP contribution < -0.4 is 0 Å². The Morgan fingerprint density at radius 2 is 2.31 bits per heavy atom. The first-order chi connectivity index (χ1) is 7.81. The van der Waals surface area contributed by atoms with E-state index in [0.717, 1.165) is 5.69 Å². The van der Waals surface area contributed by atoms with Gasteiger partial charge in [0.1, 0.15) is 5.69 Å². The van der Waals surface area contributed by atoms with E-state index in [1.54, 1.807) is 18.5 Å². The van der Waals surface area contributed by atoms with Gasteiger partial charge in [-0.15, -0.1) is 11.3 Å². The molecule has 0 saturated heterocycles. The van der Waals surface area contributed by atoms with Crippen LogP contribution in [0.3, 0.4) is 0 Å². The highest BCUT2D eigenvalue weighted by atomic mass is 32.1. The number of rotatable bonds is 3. The van der Waals surface area contributed by atoms with Crippen LogP contribution >= 0.6 is 11.3 Å². The summed E-state index contributed by atoms with van der Waals surface area (Å²) in [6.07, 6.45) is 1.69. The van der Waals surface area contributed by atoms with Crippen LogP contribution in [0.4, 0.5) is 0 Å². The molecule has 82 valence electrons. The second-order valence-electron chi connectivity index (χ2n) is 2.97. The molecule has 16 heavy (non-hydrogen) atoms. The summed E-state index contributed by atoms with van der Waals surface area (Å²) in [6, 6.07) is 5.57. The van der Waals surface area contributed by atoms with Crippen molar-refractivity contribution in [1.29, 1.82) is 0 Å². The van der Waals surface area contributed by atoms with Gasteiger partial charge in [0.25, 0.3) is 0 Å². The second-order valence-corrected chi connectivity index (χ2v) is 3.83. The first-order valence-electron chi connectivity index (χ1n) is 4.85. The summed E-state index contributed by atoms with van der Waals surface area (Å²) >= 11 is 1.27. The van der Waals surface area contributed by atoms with E-state index in [4.69, 9.17) is 4.74 Å². The zero-order chi connectivity index (χ0) is 11.4. The van der Waals surface area contributed by atoms with E-state index in [1.165, 1.54) is 11.3 Å². The molecule has 2 rings (SSSR count). The van der Waals surface area contributed by atoms with Crippen LogP contribution in [0.25, 0.3) is 11.4 Å². The van der Waals surface area contributed by atoms with Gasteiger partial charge in [-0.1, -0.05) is 6.07 Å². The largest absolute Gasteiger partial charge is 0.461 e. The lowest BCUT2D eigenvalue weighted by Crippen LogP contribution is -2.03. The summed E-state index contributed by atoms with van der Waals surface area (Å²) in [5, 5.41) is 2.16. The number of carbonyl (C=O) groups is 1. The Hall–Kier alpha value is -1.75. The van der Waals surface area contributed by atoms with Gasteiger partial charge in [-0.3, -0.25) is 4.98 Å². The monoisotopic (exact) mass is 234 g/mol. The minimum Gasteiger partial charge on any atom is -0.461 e. The molecule has 2 aromatic heterocycles. The number of esters is 1. The number of hydrogen-bond acceptors (Lipinski definition) is 5. The van der Waals surface area contributed by atoms with E-state index in [2.05, 4.69) is 9.97 Å². The lowest BCUT2D eigenvalue weighted by molar-refractivity contribution is 0.0526. The molecule has 0 saturated carbocycles. The zero-order valence-electron chi connectivity index (χ0n) is 8.71. The Morgan fingerprint density at radius 3 is 3.00 bits per heavy atom. The van der Waals surface area contributed by atoms with Gasteiger partial charge < -0.3 is 4.74 Å². The Kier molecular flexibility index (Phi) is 3.26. The molecule has 0 aromatic carbocycles. The van der Waals surface area contributed by atoms with Gasteiger partial charge in [-0.25, -0.2) is 9.78 Å². The first kappa shape index (κ1) is 10.8. The second kappa shape index (κ2) is 4.85. The number of carbonyl (C=O) groups excluding carboxylic acids is 1. The topological polar surface area (TPSA) is 52.1 Å². The van der Waals surface area contributed by atoms with Crippen LogP contribution in [-0.2, 0) is 4.74 Å². The summed E-state index contributed by atoms with van der Waals surface area (Å²) in [4.78, 5) is 19.7. The maximum atomic E-state index is 11.4. The van der Waals surface area contributed by atoms with Gasteiger partial charge in [0, 0.05) is 11.6 Å². The molecule has 2 heterocycles. The van der Waals surface area contributed by atoms with E-state index in [9.17, 15) is 4.79 Å². The molecule has 0 bridgehead atoms. The highest BCUT2D eigenvalue weighted by molar-refractivity contribution is 7.11. The fourth-order valence-electron chi connectivity index (χ4n) is 1.19. The predicted molar refractivity (Wildman–Crippen MR) is 61.3 cm³/mol. The van der Waals surface area contributed by atoms with Crippen molar-refractivity contribution in [2.24, 2.45) is 0 Å². The van der Waals surface area contributed by atoms with Crippen LogP contribution in [0, 0.1) is 0 Å². The van der Waals surface area contributed by atoms with Crippen molar-refractivity contribution in [3.05, 3.63) is 34.8 Å². The van der Waals surface area contributed by atoms with Crippen molar-refractivity contribution in [2.75, 3.05) is 6.61 Å². The third-order valence-electron chi connectivity index (χ3n) is 1.88. The minimum absolute atomic E-state index is 0.358. The highest BCUT2D eigenvalue weighted by Gasteiger charge is 2.12. The molecule has 0 aliphatic carbocycles. The maximum Gasteiger partial charge on any atom is 0.367 e. The quantitative estimate of drug-likeness (QED) is 0.765. The minimum atomic E-state index is -0.380. The third-order valence-corrected chi connectivity index (χ3v) is 2.70. The summed E-state index contributed by atoms with van der Waals surface area (Å²) < 4.78 is 4.87. The molecular weight excluding hydrogens is 224 g/mol. The number of thiazole rings is 1. The van der Waals surface area contributed by atoms with Crippen LogP contribution in [0.15, 0.2) is 29.8 Å². The molecule has 0 aliphatic rings. The molecular formula is C11H10N2O2S. The van der Waals surface area contributed by atoms with Crippen molar-refractivity contribution in [2.45, 2.75) is 6.92 Å². The zero-order valence-corrected chi connectivity index (χ0v) is 9.53. The molecule has 0 radical (unpaired) electrons. The molecule has 2 aromatic rings. The van der Waals surface area contributed by atoms with Gasteiger partial charge >= 0.3 is 5.97 Å². The molecule has 0 spiro atoms. The van der Waals surface area contributed by atoms with Gasteiger partial charge in [0.05, 0.1) is 12.3 Å². The lowest BCUT2D eigenvalue weighted by Gasteiger charge is -1.96. The molecule has 4 nitrogen and oxygen atoms in total. The fraction of sp³-hybridized carbons (Fsp3) is 0.182. The van der Waals surface area contributed by atoms with Crippen molar-refractivity contribution in [3.63, 3.8) is 0 Å². The number of nitrogens with zero attached hydrogens (tertiary/aromatic N) is 2. The number of pyridine rings is 1. The molecule has 0 amide bonds. The Labute approximate surface area is 96.9 Å². The van der Waals surface area contributed by atoms with Gasteiger partial charge in [-0.05, 0) is 19.1 Å². The summed E-state index contributed by atoms with van der Waals surface area (Å²) in [5.74, 6) is -0.380. The summed E-state index contributed by atoms with van der Waals surface area (Å²) in [7, 11) is 0. The van der Waals surface area contributed by atoms with Crippen molar-refractivity contribution in [3.8, 4) is 11.4 Å². The smallest absolute Gasteiger partial charge is 0.367 e. The normalized spacial score (nSPS) is 10.1. The summed E-state index contributed by atoms with van der Waals surface area (Å²) in [6.45, 7) is 2.13. The molecule has 0 fully saturated rings. The van der Waals surface area contributed by atoms with Gasteiger partial charge in [0.15, 0.2) is 0 Å². The number of aromatic nitrogens is 2. The first-order valence-corrected chi connectivity index (χ1v) is 5.73. The van der Waals surface area contributed by atoms with Crippen LogP contribution in [0.5, 0.6) is 0 Å². The highest BCUT2D eigenvalue weighted by Crippen LogP contribution is 2.19. The van der Waals surface area contributed by atoms with E-state index >= 15 is 0 Å². The van der Waals surface area contributed by atoms with Crippen molar-refractivity contribution in [1.82, 2.24) is 9.97 Å². The van der Waals surface area contributed by atoms with Crippen LogP contribution in [0.2, 0.25) is 0 Å². The lowest BCUT2D eigenvalue weighted by atomic mass is 10.3. The SMILES string of the molecule is CCOC(=O)c1nc(-c2ccccn2)cs1. The Morgan fingerprint density at radius 1 is 1.44 bits per heavy atom. The van der Waals surface area contributed by atoms with E-state index < -0.39 is 0 Å². The average molecular weight is 234 g/mol.